The van der Waals surface area contributed by atoms with E-state index in [9.17, 15) is 4.79 Å². The number of hydrogen-bond donors (Lipinski definition) is 1. The maximum atomic E-state index is 12.5. The number of carbonyl (C=O) groups is 1. The zero-order valence-corrected chi connectivity index (χ0v) is 10.9. The van der Waals surface area contributed by atoms with Crippen molar-refractivity contribution in [1.29, 1.82) is 0 Å². The van der Waals surface area contributed by atoms with E-state index in [4.69, 9.17) is 22.1 Å². The lowest BCUT2D eigenvalue weighted by atomic mass is 9.92. The smallest absolute Gasteiger partial charge is 0.175 e. The van der Waals surface area contributed by atoms with Crippen LogP contribution in [0.15, 0.2) is 42.5 Å². The molecule has 1 heterocycles. The quantitative estimate of drug-likeness (QED) is 0.675. The van der Waals surface area contributed by atoms with Crippen molar-refractivity contribution in [3.63, 3.8) is 0 Å². The molecule has 1 unspecified atom stereocenters. The number of rotatable bonds is 2. The van der Waals surface area contributed by atoms with Crippen LogP contribution in [0.5, 0.6) is 5.75 Å². The van der Waals surface area contributed by atoms with Gasteiger partial charge in [0, 0.05) is 16.8 Å². The van der Waals surface area contributed by atoms with Gasteiger partial charge in [-0.3, -0.25) is 4.79 Å². The van der Waals surface area contributed by atoms with Crippen molar-refractivity contribution in [2.24, 2.45) is 0 Å². The molecular weight excluding hydrogens is 262 g/mol. The molecule has 0 saturated heterocycles. The Bertz CT molecular complexity index is 654. The minimum atomic E-state index is -0.294. The highest BCUT2D eigenvalue weighted by molar-refractivity contribution is 6.34. The lowest BCUT2D eigenvalue weighted by Crippen LogP contribution is -2.14. The summed E-state index contributed by atoms with van der Waals surface area (Å²) in [5.41, 5.74) is 7.59. The Morgan fingerprint density at radius 1 is 1.26 bits per heavy atom. The van der Waals surface area contributed by atoms with Gasteiger partial charge >= 0.3 is 0 Å². The normalized spacial score (nSPS) is 16.8. The summed E-state index contributed by atoms with van der Waals surface area (Å²) in [6.45, 7) is 0.360. The second kappa shape index (κ2) is 4.59. The molecule has 0 spiro atoms. The number of benzene rings is 2. The molecule has 4 heteroatoms. The highest BCUT2D eigenvalue weighted by atomic mass is 35.5. The van der Waals surface area contributed by atoms with Gasteiger partial charge in [0.2, 0.25) is 0 Å². The van der Waals surface area contributed by atoms with Crippen LogP contribution in [0, 0.1) is 0 Å². The number of nitrogen functional groups attached to an aromatic ring is 1. The number of halogens is 1. The van der Waals surface area contributed by atoms with Gasteiger partial charge in [-0.1, -0.05) is 29.8 Å². The molecule has 19 heavy (non-hydrogen) atoms. The van der Waals surface area contributed by atoms with Crippen molar-refractivity contribution in [3.8, 4) is 5.75 Å². The number of nitrogens with two attached hydrogens (primary N) is 1. The van der Waals surface area contributed by atoms with E-state index < -0.39 is 0 Å². The minimum absolute atomic E-state index is 0.0325. The topological polar surface area (TPSA) is 52.3 Å². The van der Waals surface area contributed by atoms with Crippen LogP contribution in [0.25, 0.3) is 0 Å². The van der Waals surface area contributed by atoms with E-state index in [0.29, 0.717) is 22.9 Å². The predicted octanol–water partition coefficient (Wildman–Crippen LogP) is 3.28. The summed E-state index contributed by atoms with van der Waals surface area (Å²) in [7, 11) is 0. The second-order valence-corrected chi connectivity index (χ2v) is 4.91. The molecule has 1 aliphatic rings. The van der Waals surface area contributed by atoms with Crippen LogP contribution in [-0.2, 0) is 0 Å². The molecule has 96 valence electrons. The Labute approximate surface area is 115 Å². The van der Waals surface area contributed by atoms with Crippen LogP contribution in [0.4, 0.5) is 5.69 Å². The lowest BCUT2D eigenvalue weighted by molar-refractivity contribution is 0.0947. The number of anilines is 1. The summed E-state index contributed by atoms with van der Waals surface area (Å²) in [5.74, 6) is 0.444. The van der Waals surface area contributed by atoms with Gasteiger partial charge in [-0.2, -0.15) is 0 Å². The molecule has 3 nitrogen and oxygen atoms in total. The summed E-state index contributed by atoms with van der Waals surface area (Å²) in [6, 6.07) is 12.5. The fourth-order valence-electron chi connectivity index (χ4n) is 2.30. The standard InChI is InChI=1S/C15H12ClNO2/c16-13-7-9(17)5-6-11(13)15(18)12-8-19-14-4-2-1-3-10(12)14/h1-7,12H,8,17H2. The van der Waals surface area contributed by atoms with Gasteiger partial charge in [-0.25, -0.2) is 0 Å². The number of Topliss-reactive ketones (excluding diaryl/α,β-unsaturated/α-hetero) is 1. The fourth-order valence-corrected chi connectivity index (χ4v) is 2.58. The average molecular weight is 274 g/mol. The monoisotopic (exact) mass is 273 g/mol. The number of para-hydroxylation sites is 1. The Morgan fingerprint density at radius 2 is 2.05 bits per heavy atom. The SMILES string of the molecule is Nc1ccc(C(=O)C2COc3ccccc32)c(Cl)c1. The molecule has 0 aliphatic carbocycles. The minimum Gasteiger partial charge on any atom is -0.492 e. The van der Waals surface area contributed by atoms with Crippen molar-refractivity contribution in [3.05, 3.63) is 58.6 Å². The van der Waals surface area contributed by atoms with E-state index in [-0.39, 0.29) is 11.7 Å². The Balaban J connectivity index is 1.98. The number of hydrogen-bond acceptors (Lipinski definition) is 3. The van der Waals surface area contributed by atoms with Crippen molar-refractivity contribution >= 4 is 23.1 Å². The molecule has 2 N–H and O–H groups in total. The molecule has 0 saturated carbocycles. The molecule has 0 radical (unpaired) electrons. The van der Waals surface area contributed by atoms with Gasteiger partial charge in [-0.05, 0) is 24.3 Å². The summed E-state index contributed by atoms with van der Waals surface area (Å²) in [6.07, 6.45) is 0. The Morgan fingerprint density at radius 3 is 2.84 bits per heavy atom. The van der Waals surface area contributed by atoms with Gasteiger partial charge < -0.3 is 10.5 Å². The summed E-state index contributed by atoms with van der Waals surface area (Å²) in [4.78, 5) is 12.5. The Kier molecular flexibility index (Phi) is 2.91. The molecule has 0 fully saturated rings. The largest absolute Gasteiger partial charge is 0.492 e. The molecule has 0 bridgehead atoms. The van der Waals surface area contributed by atoms with Crippen molar-refractivity contribution in [1.82, 2.24) is 0 Å². The van der Waals surface area contributed by atoms with E-state index in [1.165, 1.54) is 0 Å². The van der Waals surface area contributed by atoms with E-state index in [1.807, 2.05) is 24.3 Å². The van der Waals surface area contributed by atoms with Crippen molar-refractivity contribution < 1.29 is 9.53 Å². The van der Waals surface area contributed by atoms with Crippen molar-refractivity contribution in [2.45, 2.75) is 5.92 Å². The number of ketones is 1. The molecule has 1 atom stereocenters. The molecular formula is C15H12ClNO2. The highest BCUT2D eigenvalue weighted by Gasteiger charge is 2.31. The first-order chi connectivity index (χ1) is 9.16. The van der Waals surface area contributed by atoms with Gasteiger partial charge in [0.25, 0.3) is 0 Å². The van der Waals surface area contributed by atoms with E-state index >= 15 is 0 Å². The molecule has 2 aromatic rings. The molecule has 0 amide bonds. The maximum Gasteiger partial charge on any atom is 0.175 e. The molecule has 3 rings (SSSR count). The van der Waals surface area contributed by atoms with Gasteiger partial charge in [0.15, 0.2) is 5.78 Å². The molecule has 0 aromatic heterocycles. The van der Waals surface area contributed by atoms with Crippen LogP contribution in [-0.4, -0.2) is 12.4 Å². The fraction of sp³-hybridized carbons (Fsp3) is 0.133. The molecule has 1 aliphatic heterocycles. The first-order valence-electron chi connectivity index (χ1n) is 5.98. The van der Waals surface area contributed by atoms with Crippen LogP contribution in [0.2, 0.25) is 5.02 Å². The first-order valence-corrected chi connectivity index (χ1v) is 6.35. The maximum absolute atomic E-state index is 12.5. The summed E-state index contributed by atoms with van der Waals surface area (Å²) >= 11 is 6.09. The van der Waals surface area contributed by atoms with E-state index in [2.05, 4.69) is 0 Å². The highest BCUT2D eigenvalue weighted by Crippen LogP contribution is 2.36. The number of fused-ring (bicyclic) bond motifs is 1. The molecule has 2 aromatic carbocycles. The van der Waals surface area contributed by atoms with Crippen molar-refractivity contribution in [2.75, 3.05) is 12.3 Å². The third-order valence-electron chi connectivity index (χ3n) is 3.28. The first kappa shape index (κ1) is 12.1. The zero-order chi connectivity index (χ0) is 13.4. The number of carbonyl (C=O) groups excluding carboxylic acids is 1. The van der Waals surface area contributed by atoms with Gasteiger partial charge in [0.1, 0.15) is 12.4 Å². The van der Waals surface area contributed by atoms with E-state index in [1.54, 1.807) is 18.2 Å². The average Bonchev–Trinajstić information content (AvgIpc) is 2.82. The van der Waals surface area contributed by atoms with Gasteiger partial charge in [0.05, 0.1) is 10.9 Å². The van der Waals surface area contributed by atoms with E-state index in [0.717, 1.165) is 11.3 Å². The number of ether oxygens (including phenoxy) is 1. The van der Waals surface area contributed by atoms with Crippen LogP contribution >= 0.6 is 11.6 Å². The summed E-state index contributed by atoms with van der Waals surface area (Å²) in [5, 5.41) is 0.384. The van der Waals surface area contributed by atoms with Crippen LogP contribution < -0.4 is 10.5 Å². The third kappa shape index (κ3) is 2.06. The Hall–Kier alpha value is -2.00. The predicted molar refractivity (Wildman–Crippen MR) is 74.9 cm³/mol. The van der Waals surface area contributed by atoms with Crippen LogP contribution in [0.3, 0.4) is 0 Å². The lowest BCUT2D eigenvalue weighted by Gasteiger charge is -2.09. The van der Waals surface area contributed by atoms with Crippen LogP contribution in [0.1, 0.15) is 21.8 Å². The third-order valence-corrected chi connectivity index (χ3v) is 3.59. The summed E-state index contributed by atoms with van der Waals surface area (Å²) < 4.78 is 5.53. The second-order valence-electron chi connectivity index (χ2n) is 4.50. The van der Waals surface area contributed by atoms with Gasteiger partial charge in [-0.15, -0.1) is 0 Å². The zero-order valence-electron chi connectivity index (χ0n) is 10.1.